The van der Waals surface area contributed by atoms with Gasteiger partial charge >= 0.3 is 0 Å². The highest BCUT2D eigenvalue weighted by Gasteiger charge is 2.38. The monoisotopic (exact) mass is 233 g/mol. The van der Waals surface area contributed by atoms with Crippen molar-refractivity contribution in [2.75, 3.05) is 19.8 Å². The Morgan fingerprint density at radius 3 is 3.06 bits per heavy atom. The van der Waals surface area contributed by atoms with Gasteiger partial charge in [0.15, 0.2) is 0 Å². The van der Waals surface area contributed by atoms with Gasteiger partial charge in [-0.2, -0.15) is 5.26 Å². The first kappa shape index (κ1) is 12.1. The van der Waals surface area contributed by atoms with Crippen LogP contribution in [-0.4, -0.2) is 24.9 Å². The third-order valence-corrected chi connectivity index (χ3v) is 2.85. The van der Waals surface area contributed by atoms with E-state index in [4.69, 9.17) is 14.6 Å². The molecule has 0 radical (unpaired) electrons. The first-order valence-electron chi connectivity index (χ1n) is 5.64. The molecule has 1 N–H and O–H groups in total. The number of ether oxygens (including phenoxy) is 2. The fourth-order valence-electron chi connectivity index (χ4n) is 1.98. The Kier molecular flexibility index (Phi) is 3.75. The molecule has 2 rings (SSSR count). The molecule has 0 fully saturated rings. The van der Waals surface area contributed by atoms with Crippen LogP contribution in [0.2, 0.25) is 0 Å². The van der Waals surface area contributed by atoms with Crippen LogP contribution in [0.4, 0.5) is 0 Å². The van der Waals surface area contributed by atoms with Crippen LogP contribution in [-0.2, 0) is 21.7 Å². The van der Waals surface area contributed by atoms with Gasteiger partial charge in [0, 0.05) is 12.2 Å². The molecule has 0 saturated carbocycles. The Labute approximate surface area is 100 Å². The van der Waals surface area contributed by atoms with E-state index in [0.717, 1.165) is 11.1 Å². The number of nitrogens with zero attached hydrogens (tertiary/aromatic N) is 1. The minimum atomic E-state index is -1.02. The van der Waals surface area contributed by atoms with Crippen LogP contribution in [0, 0.1) is 11.3 Å². The lowest BCUT2D eigenvalue weighted by atomic mass is 9.89. The maximum Gasteiger partial charge on any atom is 0.203 e. The van der Waals surface area contributed by atoms with Gasteiger partial charge < -0.3 is 14.6 Å². The van der Waals surface area contributed by atoms with Crippen LogP contribution in [0.15, 0.2) is 24.3 Å². The topological polar surface area (TPSA) is 62.5 Å². The molecule has 0 aliphatic carbocycles. The van der Waals surface area contributed by atoms with Gasteiger partial charge in [-0.3, -0.25) is 0 Å². The van der Waals surface area contributed by atoms with Gasteiger partial charge in [0.25, 0.3) is 0 Å². The van der Waals surface area contributed by atoms with Crippen molar-refractivity contribution in [3.05, 3.63) is 35.4 Å². The summed E-state index contributed by atoms with van der Waals surface area (Å²) in [4.78, 5) is 0. The molecule has 0 spiro atoms. The smallest absolute Gasteiger partial charge is 0.203 e. The van der Waals surface area contributed by atoms with Crippen molar-refractivity contribution in [3.63, 3.8) is 0 Å². The summed E-state index contributed by atoms with van der Waals surface area (Å²) in [5, 5.41) is 18.1. The Bertz CT molecular complexity index is 427. The number of fused-ring (bicyclic) bond motifs is 1. The van der Waals surface area contributed by atoms with Crippen molar-refractivity contribution in [1.82, 2.24) is 0 Å². The lowest BCUT2D eigenvalue weighted by Gasteiger charge is -2.33. The van der Waals surface area contributed by atoms with Crippen molar-refractivity contribution in [2.45, 2.75) is 18.6 Å². The molecule has 1 unspecified atom stereocenters. The SMILES string of the molecule is N#CC1(OCCCO)COCc2ccccc21. The van der Waals surface area contributed by atoms with Gasteiger partial charge in [0.2, 0.25) is 5.60 Å². The number of rotatable bonds is 4. The second-order valence-electron chi connectivity index (χ2n) is 4.01. The van der Waals surface area contributed by atoms with Crippen molar-refractivity contribution in [3.8, 4) is 6.07 Å². The van der Waals surface area contributed by atoms with E-state index in [9.17, 15) is 5.26 Å². The Balaban J connectivity index is 2.27. The predicted molar refractivity (Wildman–Crippen MR) is 61.0 cm³/mol. The number of nitriles is 1. The zero-order valence-electron chi connectivity index (χ0n) is 9.56. The van der Waals surface area contributed by atoms with E-state index in [-0.39, 0.29) is 13.2 Å². The largest absolute Gasteiger partial charge is 0.396 e. The van der Waals surface area contributed by atoms with E-state index in [2.05, 4.69) is 6.07 Å². The molecule has 1 atom stereocenters. The molecule has 1 aromatic rings. The molecule has 0 saturated heterocycles. The van der Waals surface area contributed by atoms with Crippen LogP contribution in [0.3, 0.4) is 0 Å². The van der Waals surface area contributed by atoms with Crippen molar-refractivity contribution < 1.29 is 14.6 Å². The van der Waals surface area contributed by atoms with Crippen molar-refractivity contribution in [1.29, 1.82) is 5.26 Å². The zero-order valence-corrected chi connectivity index (χ0v) is 9.56. The molecule has 0 bridgehead atoms. The lowest BCUT2D eigenvalue weighted by molar-refractivity contribution is -0.0868. The third-order valence-electron chi connectivity index (χ3n) is 2.85. The van der Waals surface area contributed by atoms with Gasteiger partial charge in [0.1, 0.15) is 6.07 Å². The maximum absolute atomic E-state index is 9.37. The summed E-state index contributed by atoms with van der Waals surface area (Å²) in [5.74, 6) is 0. The number of aliphatic hydroxyl groups is 1. The molecule has 1 heterocycles. The fraction of sp³-hybridized carbons (Fsp3) is 0.462. The van der Waals surface area contributed by atoms with Crippen LogP contribution >= 0.6 is 0 Å². The molecule has 0 amide bonds. The highest BCUT2D eigenvalue weighted by atomic mass is 16.5. The average Bonchev–Trinajstić information content (AvgIpc) is 2.39. The van der Waals surface area contributed by atoms with Gasteiger partial charge in [-0.1, -0.05) is 24.3 Å². The van der Waals surface area contributed by atoms with Gasteiger partial charge in [-0.25, -0.2) is 0 Å². The Morgan fingerprint density at radius 2 is 2.29 bits per heavy atom. The maximum atomic E-state index is 9.37. The molecule has 17 heavy (non-hydrogen) atoms. The minimum absolute atomic E-state index is 0.0595. The molecule has 4 heteroatoms. The van der Waals surface area contributed by atoms with E-state index >= 15 is 0 Å². The normalized spacial score (nSPS) is 22.8. The molecule has 1 aliphatic rings. The molecule has 0 aromatic heterocycles. The van der Waals surface area contributed by atoms with Crippen LogP contribution < -0.4 is 0 Å². The summed E-state index contributed by atoms with van der Waals surface area (Å²) in [6, 6.07) is 9.86. The Hall–Kier alpha value is -1.41. The number of hydrogen-bond donors (Lipinski definition) is 1. The quantitative estimate of drug-likeness (QED) is 0.797. The second kappa shape index (κ2) is 5.28. The van der Waals surface area contributed by atoms with Gasteiger partial charge in [0.05, 0.1) is 19.8 Å². The van der Waals surface area contributed by atoms with Crippen LogP contribution in [0.25, 0.3) is 0 Å². The standard InChI is InChI=1S/C13H15NO3/c14-9-13(17-7-3-6-15)10-16-8-11-4-1-2-5-12(11)13/h1-2,4-5,15H,3,6-8,10H2. The summed E-state index contributed by atoms with van der Waals surface area (Å²) in [6.45, 7) is 1.17. The van der Waals surface area contributed by atoms with Gasteiger partial charge in [-0.15, -0.1) is 0 Å². The second-order valence-corrected chi connectivity index (χ2v) is 4.01. The molecular weight excluding hydrogens is 218 g/mol. The fourth-order valence-corrected chi connectivity index (χ4v) is 1.98. The predicted octanol–water partition coefficient (Wildman–Crippen LogP) is 1.33. The Morgan fingerprint density at radius 1 is 1.47 bits per heavy atom. The number of aliphatic hydroxyl groups excluding tert-OH is 1. The average molecular weight is 233 g/mol. The first-order chi connectivity index (χ1) is 8.32. The van der Waals surface area contributed by atoms with Crippen LogP contribution in [0.5, 0.6) is 0 Å². The highest BCUT2D eigenvalue weighted by molar-refractivity contribution is 5.38. The molecule has 1 aliphatic heterocycles. The lowest BCUT2D eigenvalue weighted by Crippen LogP contribution is -2.38. The zero-order chi connectivity index (χ0) is 12.1. The summed E-state index contributed by atoms with van der Waals surface area (Å²) in [7, 11) is 0. The summed E-state index contributed by atoms with van der Waals surface area (Å²) >= 11 is 0. The molecule has 90 valence electrons. The van der Waals surface area contributed by atoms with E-state index in [1.165, 1.54) is 0 Å². The van der Waals surface area contributed by atoms with E-state index in [0.29, 0.717) is 19.6 Å². The van der Waals surface area contributed by atoms with Gasteiger partial charge in [-0.05, 0) is 12.0 Å². The number of benzene rings is 1. The highest BCUT2D eigenvalue weighted by Crippen LogP contribution is 2.33. The molecular formula is C13H15NO3. The molecule has 1 aromatic carbocycles. The molecule has 4 nitrogen and oxygen atoms in total. The number of hydrogen-bond acceptors (Lipinski definition) is 4. The van der Waals surface area contributed by atoms with E-state index in [1.54, 1.807) is 0 Å². The van der Waals surface area contributed by atoms with E-state index in [1.807, 2.05) is 24.3 Å². The van der Waals surface area contributed by atoms with Crippen molar-refractivity contribution in [2.24, 2.45) is 0 Å². The van der Waals surface area contributed by atoms with E-state index < -0.39 is 5.60 Å². The van der Waals surface area contributed by atoms with Crippen LogP contribution in [0.1, 0.15) is 17.5 Å². The third kappa shape index (κ3) is 2.32. The summed E-state index contributed by atoms with van der Waals surface area (Å²) in [6.07, 6.45) is 0.519. The van der Waals surface area contributed by atoms with Crippen molar-refractivity contribution >= 4 is 0 Å². The first-order valence-corrected chi connectivity index (χ1v) is 5.64. The summed E-state index contributed by atoms with van der Waals surface area (Å²) < 4.78 is 11.1. The minimum Gasteiger partial charge on any atom is -0.396 e. The summed E-state index contributed by atoms with van der Waals surface area (Å²) in [5.41, 5.74) is 0.847.